The van der Waals surface area contributed by atoms with Gasteiger partial charge in [-0.1, -0.05) is 107 Å². The summed E-state index contributed by atoms with van der Waals surface area (Å²) < 4.78 is 0. The highest BCUT2D eigenvalue weighted by atomic mass is 28.2. The Morgan fingerprint density at radius 2 is 0.850 bits per heavy atom. The first-order chi connectivity index (χ1) is 9.84. The molecule has 0 fully saturated rings. The predicted octanol–water partition coefficient (Wildman–Crippen LogP) is 0.483. The molecule has 100 valence electrons. The molecule has 0 saturated heterocycles. The van der Waals surface area contributed by atoms with Crippen LogP contribution in [0.3, 0.4) is 0 Å². The molecule has 0 nitrogen and oxygen atoms in total. The van der Waals surface area contributed by atoms with Crippen LogP contribution in [-0.2, 0) is 0 Å². The van der Waals surface area contributed by atoms with Crippen LogP contribution in [0, 0.1) is 0 Å². The molecule has 0 saturated carbocycles. The first-order valence-electron chi connectivity index (χ1n) is 6.94. The van der Waals surface area contributed by atoms with Crippen molar-refractivity contribution in [3.05, 3.63) is 91.0 Å². The highest BCUT2D eigenvalue weighted by Gasteiger charge is 1.93. The molecule has 0 amide bonds. The fourth-order valence-electron chi connectivity index (χ4n) is 1.96. The van der Waals surface area contributed by atoms with E-state index in [2.05, 4.69) is 84.9 Å². The third-order valence-corrected chi connectivity index (χ3v) is 5.46. The van der Waals surface area contributed by atoms with Crippen molar-refractivity contribution in [1.82, 2.24) is 0 Å². The van der Waals surface area contributed by atoms with Gasteiger partial charge in [-0.2, -0.15) is 0 Å². The molecule has 0 heterocycles. The van der Waals surface area contributed by atoms with E-state index in [4.69, 9.17) is 0 Å². The Morgan fingerprint density at radius 1 is 0.500 bits per heavy atom. The standard InChI is InChI=1S/C12H12Si.C6H8Si/c1-3-7-11(8-4-1)13-12-9-5-2-6-10-12;7-6-4-2-1-3-5-6/h1-10H,13H2;1-5H,7H3. The third-order valence-electron chi connectivity index (χ3n) is 3.03. The van der Waals surface area contributed by atoms with Crippen molar-refractivity contribution in [2.24, 2.45) is 0 Å². The molecule has 0 atom stereocenters. The van der Waals surface area contributed by atoms with E-state index in [1.54, 1.807) is 0 Å². The van der Waals surface area contributed by atoms with Crippen LogP contribution in [-0.4, -0.2) is 19.8 Å². The maximum absolute atomic E-state index is 2.22. The summed E-state index contributed by atoms with van der Waals surface area (Å²) in [5.41, 5.74) is 0. The summed E-state index contributed by atoms with van der Waals surface area (Å²) in [4.78, 5) is 0. The van der Waals surface area contributed by atoms with E-state index in [0.29, 0.717) is 0 Å². The van der Waals surface area contributed by atoms with Gasteiger partial charge in [-0.3, -0.25) is 0 Å². The Kier molecular flexibility index (Phi) is 6.02. The third kappa shape index (κ3) is 5.38. The topological polar surface area (TPSA) is 0 Å². The molecule has 0 bridgehead atoms. The zero-order chi connectivity index (χ0) is 14.0. The molecule has 3 aromatic carbocycles. The molecule has 2 heteroatoms. The first-order valence-corrected chi connectivity index (χ1v) is 9.35. The first kappa shape index (κ1) is 14.5. The lowest BCUT2D eigenvalue weighted by Crippen LogP contribution is -2.26. The van der Waals surface area contributed by atoms with Gasteiger partial charge in [0, 0.05) is 10.2 Å². The molecule has 3 aromatic rings. The van der Waals surface area contributed by atoms with Crippen LogP contribution < -0.4 is 15.6 Å². The lowest BCUT2D eigenvalue weighted by molar-refractivity contribution is 1.75. The van der Waals surface area contributed by atoms with Gasteiger partial charge in [0.15, 0.2) is 0 Å². The summed E-state index contributed by atoms with van der Waals surface area (Å²) in [7, 11) is 0.940. The van der Waals surface area contributed by atoms with E-state index < -0.39 is 0 Å². The Hall–Kier alpha value is -1.91. The van der Waals surface area contributed by atoms with Crippen LogP contribution in [0.1, 0.15) is 0 Å². The second-order valence-electron chi connectivity index (χ2n) is 4.80. The van der Waals surface area contributed by atoms with E-state index >= 15 is 0 Å². The number of benzene rings is 3. The Bertz CT molecular complexity index is 555. The van der Waals surface area contributed by atoms with Crippen molar-refractivity contribution >= 4 is 35.3 Å². The molecule has 0 aliphatic rings. The van der Waals surface area contributed by atoms with Gasteiger partial charge in [-0.05, 0) is 0 Å². The minimum Gasteiger partial charge on any atom is -0.0708 e. The maximum atomic E-state index is 2.22. The zero-order valence-electron chi connectivity index (χ0n) is 11.9. The van der Waals surface area contributed by atoms with Gasteiger partial charge in [0.1, 0.15) is 0 Å². The van der Waals surface area contributed by atoms with Gasteiger partial charge in [0.25, 0.3) is 0 Å². The molecule has 0 unspecified atom stereocenters. The highest BCUT2D eigenvalue weighted by Crippen LogP contribution is 1.84. The molecular weight excluding hydrogens is 272 g/mol. The second kappa shape index (κ2) is 8.30. The predicted molar refractivity (Wildman–Crippen MR) is 96.7 cm³/mol. The van der Waals surface area contributed by atoms with Gasteiger partial charge >= 0.3 is 0 Å². The smallest absolute Gasteiger partial charge is 0.0708 e. The minimum atomic E-state index is -0.234. The summed E-state index contributed by atoms with van der Waals surface area (Å²) in [5, 5.41) is 4.48. The van der Waals surface area contributed by atoms with E-state index in [1.807, 2.05) is 6.07 Å². The Labute approximate surface area is 126 Å². The summed E-state index contributed by atoms with van der Waals surface area (Å²) in [6.45, 7) is 0. The van der Waals surface area contributed by atoms with Crippen molar-refractivity contribution in [2.45, 2.75) is 0 Å². The van der Waals surface area contributed by atoms with Crippen molar-refractivity contribution in [3.8, 4) is 0 Å². The summed E-state index contributed by atoms with van der Waals surface area (Å²) in [6, 6.07) is 32.0. The van der Waals surface area contributed by atoms with Crippen LogP contribution in [0.25, 0.3) is 0 Å². The van der Waals surface area contributed by atoms with E-state index in [1.165, 1.54) is 25.8 Å². The number of hydrogen-bond acceptors (Lipinski definition) is 0. The van der Waals surface area contributed by atoms with E-state index in [9.17, 15) is 0 Å². The van der Waals surface area contributed by atoms with Gasteiger partial charge in [-0.25, -0.2) is 0 Å². The molecule has 0 aromatic heterocycles. The molecule has 3 rings (SSSR count). The van der Waals surface area contributed by atoms with Gasteiger partial charge < -0.3 is 0 Å². The Morgan fingerprint density at radius 3 is 1.15 bits per heavy atom. The van der Waals surface area contributed by atoms with Crippen LogP contribution >= 0.6 is 0 Å². The van der Waals surface area contributed by atoms with Crippen LogP contribution in [0.4, 0.5) is 0 Å². The maximum Gasteiger partial charge on any atom is 0.0875 e. The number of hydrogen-bond donors (Lipinski definition) is 0. The SMILES string of the molecule is [SiH3]c1ccccc1.c1ccc([SiH2]c2ccccc2)cc1. The fourth-order valence-corrected chi connectivity index (χ4v) is 3.83. The lowest BCUT2D eigenvalue weighted by atomic mass is 10.4. The van der Waals surface area contributed by atoms with E-state index in [0.717, 1.165) is 0 Å². The number of rotatable bonds is 2. The van der Waals surface area contributed by atoms with E-state index in [-0.39, 0.29) is 9.52 Å². The van der Waals surface area contributed by atoms with Gasteiger partial charge in [-0.15, -0.1) is 0 Å². The molecule has 0 N–H and O–H groups in total. The average molecular weight is 293 g/mol. The van der Waals surface area contributed by atoms with Crippen LogP contribution in [0.15, 0.2) is 91.0 Å². The molecule has 0 spiro atoms. The molecule has 20 heavy (non-hydrogen) atoms. The second-order valence-corrected chi connectivity index (χ2v) is 7.94. The normalized spacial score (nSPS) is 9.60. The monoisotopic (exact) mass is 292 g/mol. The average Bonchev–Trinajstić information content (AvgIpc) is 2.51. The van der Waals surface area contributed by atoms with Crippen LogP contribution in [0.2, 0.25) is 0 Å². The van der Waals surface area contributed by atoms with Crippen molar-refractivity contribution < 1.29 is 0 Å². The minimum absolute atomic E-state index is 0.234. The Balaban J connectivity index is 0.000000178. The quantitative estimate of drug-likeness (QED) is 0.603. The summed E-state index contributed by atoms with van der Waals surface area (Å²) >= 11 is 0. The fraction of sp³-hybridized carbons (Fsp3) is 0. The summed E-state index contributed by atoms with van der Waals surface area (Å²) in [5.74, 6) is 0. The molecule has 0 radical (unpaired) electrons. The van der Waals surface area contributed by atoms with Gasteiger partial charge in [0.2, 0.25) is 0 Å². The molecular formula is C18H20Si2. The van der Waals surface area contributed by atoms with Crippen molar-refractivity contribution in [3.63, 3.8) is 0 Å². The largest absolute Gasteiger partial charge is 0.0875 e. The molecule has 0 aliphatic carbocycles. The zero-order valence-corrected chi connectivity index (χ0v) is 15.3. The lowest BCUT2D eigenvalue weighted by Gasteiger charge is -1.99. The van der Waals surface area contributed by atoms with Crippen LogP contribution in [0.5, 0.6) is 0 Å². The van der Waals surface area contributed by atoms with Gasteiger partial charge in [0.05, 0.1) is 9.52 Å². The summed E-state index contributed by atoms with van der Waals surface area (Å²) in [6.07, 6.45) is 0. The van der Waals surface area contributed by atoms with Crippen molar-refractivity contribution in [2.75, 3.05) is 0 Å². The highest BCUT2D eigenvalue weighted by molar-refractivity contribution is 6.67. The molecule has 0 aliphatic heterocycles. The van der Waals surface area contributed by atoms with Crippen molar-refractivity contribution in [1.29, 1.82) is 0 Å².